The summed E-state index contributed by atoms with van der Waals surface area (Å²) in [5.41, 5.74) is 0. The number of rotatable bonds is 7. The minimum Gasteiger partial charge on any atom is -0.349 e. The van der Waals surface area contributed by atoms with Crippen molar-refractivity contribution in [2.45, 2.75) is 64.8 Å². The van der Waals surface area contributed by atoms with Gasteiger partial charge in [-0.25, -0.2) is 0 Å². The van der Waals surface area contributed by atoms with Crippen LogP contribution in [0, 0.1) is 5.92 Å². The predicted octanol–water partition coefficient (Wildman–Crippen LogP) is 1.62. The average Bonchev–Trinajstić information content (AvgIpc) is 3.03. The third-order valence-corrected chi connectivity index (χ3v) is 4.44. The largest absolute Gasteiger partial charge is 0.349 e. The van der Waals surface area contributed by atoms with Crippen molar-refractivity contribution in [1.29, 1.82) is 0 Å². The van der Waals surface area contributed by atoms with Crippen molar-refractivity contribution in [3.63, 3.8) is 0 Å². The first-order valence-corrected chi connectivity index (χ1v) is 7.94. The molecule has 2 rings (SSSR count). The highest BCUT2D eigenvalue weighted by Crippen LogP contribution is 2.25. The van der Waals surface area contributed by atoms with E-state index >= 15 is 0 Å². The molecule has 3 atom stereocenters. The molecule has 2 heterocycles. The zero-order valence-electron chi connectivity index (χ0n) is 12.1. The molecule has 2 saturated heterocycles. The van der Waals surface area contributed by atoms with Gasteiger partial charge in [-0.2, -0.15) is 0 Å². The molecule has 0 aliphatic carbocycles. The molecular weight excluding hydrogens is 226 g/mol. The van der Waals surface area contributed by atoms with Gasteiger partial charge in [0.1, 0.15) is 12.6 Å². The van der Waals surface area contributed by atoms with Gasteiger partial charge in [0, 0.05) is 18.8 Å². The summed E-state index contributed by atoms with van der Waals surface area (Å²) in [6.45, 7) is 9.14. The van der Waals surface area contributed by atoms with Gasteiger partial charge >= 0.3 is 0 Å². The van der Waals surface area contributed by atoms with Gasteiger partial charge in [-0.1, -0.05) is 26.7 Å². The van der Waals surface area contributed by atoms with Crippen molar-refractivity contribution in [3.05, 3.63) is 0 Å². The lowest BCUT2D eigenvalue weighted by Crippen LogP contribution is -3.11. The fourth-order valence-electron chi connectivity index (χ4n) is 3.22. The number of hydrogen-bond donors (Lipinski definition) is 1. The van der Waals surface area contributed by atoms with Crippen LogP contribution in [0.15, 0.2) is 0 Å². The maximum atomic E-state index is 6.13. The lowest BCUT2D eigenvalue weighted by molar-refractivity contribution is -0.890. The first-order valence-electron chi connectivity index (χ1n) is 7.94. The maximum Gasteiger partial charge on any atom is 0.161 e. The van der Waals surface area contributed by atoms with Crippen LogP contribution in [-0.2, 0) is 9.47 Å². The molecule has 18 heavy (non-hydrogen) atoms. The highest BCUT2D eigenvalue weighted by Gasteiger charge is 2.34. The zero-order valence-corrected chi connectivity index (χ0v) is 12.1. The predicted molar refractivity (Wildman–Crippen MR) is 72.7 cm³/mol. The summed E-state index contributed by atoms with van der Waals surface area (Å²) in [5, 5.41) is 0. The lowest BCUT2D eigenvalue weighted by Gasteiger charge is -2.21. The molecule has 2 fully saturated rings. The van der Waals surface area contributed by atoms with Crippen LogP contribution in [0.4, 0.5) is 0 Å². The number of quaternary nitrogens is 1. The number of ether oxygens (including phenoxy) is 2. The molecule has 106 valence electrons. The van der Waals surface area contributed by atoms with E-state index in [1.165, 1.54) is 51.6 Å². The SMILES string of the molecule is CCCC[C@H](CC)[C@@H]1OC[C@H](C[NH+]2CCCC2)O1. The van der Waals surface area contributed by atoms with Crippen LogP contribution in [0.2, 0.25) is 0 Å². The van der Waals surface area contributed by atoms with Gasteiger partial charge in [0.05, 0.1) is 19.7 Å². The Hall–Kier alpha value is -0.120. The van der Waals surface area contributed by atoms with Crippen LogP contribution in [0.1, 0.15) is 52.4 Å². The Kier molecular flexibility index (Phi) is 5.93. The molecule has 2 aliphatic rings. The van der Waals surface area contributed by atoms with E-state index in [0.29, 0.717) is 12.0 Å². The summed E-state index contributed by atoms with van der Waals surface area (Å²) >= 11 is 0. The van der Waals surface area contributed by atoms with Gasteiger partial charge in [0.15, 0.2) is 6.29 Å². The smallest absolute Gasteiger partial charge is 0.161 e. The van der Waals surface area contributed by atoms with Crippen LogP contribution >= 0.6 is 0 Å². The molecule has 0 aromatic rings. The monoisotopic (exact) mass is 256 g/mol. The minimum absolute atomic E-state index is 0.0774. The molecule has 0 aromatic heterocycles. The summed E-state index contributed by atoms with van der Waals surface area (Å²) in [6.07, 6.45) is 8.19. The third kappa shape index (κ3) is 3.94. The van der Waals surface area contributed by atoms with Crippen molar-refractivity contribution in [3.8, 4) is 0 Å². The van der Waals surface area contributed by atoms with E-state index in [2.05, 4.69) is 13.8 Å². The van der Waals surface area contributed by atoms with E-state index in [4.69, 9.17) is 9.47 Å². The first-order chi connectivity index (χ1) is 8.83. The van der Waals surface area contributed by atoms with Crippen LogP contribution in [0.25, 0.3) is 0 Å². The van der Waals surface area contributed by atoms with Gasteiger partial charge in [0.2, 0.25) is 0 Å². The molecule has 3 nitrogen and oxygen atoms in total. The Labute approximate surface area is 112 Å². The highest BCUT2D eigenvalue weighted by atomic mass is 16.7. The molecule has 3 heteroatoms. The normalized spacial score (nSPS) is 31.0. The Morgan fingerprint density at radius 2 is 2.00 bits per heavy atom. The standard InChI is InChI=1S/C15H29NO2/c1-3-5-8-13(4-2)15-17-12-14(18-15)11-16-9-6-7-10-16/h13-15H,3-12H2,1-2H3/p+1/t13-,14-,15+/m0/s1. The van der Waals surface area contributed by atoms with Crippen molar-refractivity contribution < 1.29 is 14.4 Å². The molecule has 0 aromatic carbocycles. The van der Waals surface area contributed by atoms with E-state index in [1.54, 1.807) is 4.90 Å². The fourth-order valence-corrected chi connectivity index (χ4v) is 3.22. The molecule has 0 saturated carbocycles. The molecule has 0 spiro atoms. The minimum atomic E-state index is 0.0774. The number of unbranched alkanes of at least 4 members (excludes halogenated alkanes) is 1. The Balaban J connectivity index is 1.72. The van der Waals surface area contributed by atoms with Gasteiger partial charge < -0.3 is 14.4 Å². The van der Waals surface area contributed by atoms with Crippen LogP contribution in [0.3, 0.4) is 0 Å². The summed E-state index contributed by atoms with van der Waals surface area (Å²) in [4.78, 5) is 1.71. The van der Waals surface area contributed by atoms with Crippen molar-refractivity contribution in [2.24, 2.45) is 5.92 Å². The molecular formula is C15H30NO2+. The summed E-state index contributed by atoms with van der Waals surface area (Å²) in [5.74, 6) is 0.600. The van der Waals surface area contributed by atoms with E-state index in [9.17, 15) is 0 Å². The number of nitrogens with one attached hydrogen (secondary N) is 1. The Morgan fingerprint density at radius 3 is 2.67 bits per heavy atom. The van der Waals surface area contributed by atoms with E-state index in [-0.39, 0.29) is 6.29 Å². The van der Waals surface area contributed by atoms with Crippen molar-refractivity contribution >= 4 is 0 Å². The van der Waals surface area contributed by atoms with Crippen LogP contribution in [0.5, 0.6) is 0 Å². The van der Waals surface area contributed by atoms with Gasteiger partial charge in [0.25, 0.3) is 0 Å². The summed E-state index contributed by atoms with van der Waals surface area (Å²) in [7, 11) is 0. The molecule has 2 aliphatic heterocycles. The summed E-state index contributed by atoms with van der Waals surface area (Å²) < 4.78 is 12.0. The Morgan fingerprint density at radius 1 is 1.22 bits per heavy atom. The molecule has 1 N–H and O–H groups in total. The maximum absolute atomic E-state index is 6.13. The molecule has 0 unspecified atom stereocenters. The second-order valence-electron chi connectivity index (χ2n) is 5.93. The van der Waals surface area contributed by atoms with E-state index < -0.39 is 0 Å². The molecule has 0 amide bonds. The van der Waals surface area contributed by atoms with Gasteiger partial charge in [-0.3, -0.25) is 0 Å². The first kappa shape index (κ1) is 14.3. The van der Waals surface area contributed by atoms with Crippen LogP contribution < -0.4 is 4.90 Å². The highest BCUT2D eigenvalue weighted by molar-refractivity contribution is 4.71. The third-order valence-electron chi connectivity index (χ3n) is 4.44. The van der Waals surface area contributed by atoms with Crippen molar-refractivity contribution in [2.75, 3.05) is 26.2 Å². The van der Waals surface area contributed by atoms with E-state index in [0.717, 1.165) is 13.2 Å². The lowest BCUT2D eigenvalue weighted by atomic mass is 9.99. The topological polar surface area (TPSA) is 22.9 Å². The molecule has 0 radical (unpaired) electrons. The Bertz CT molecular complexity index is 229. The van der Waals surface area contributed by atoms with Crippen molar-refractivity contribution in [1.82, 2.24) is 0 Å². The summed E-state index contributed by atoms with van der Waals surface area (Å²) in [6, 6.07) is 0. The number of hydrogen-bond acceptors (Lipinski definition) is 2. The second-order valence-corrected chi connectivity index (χ2v) is 5.93. The zero-order chi connectivity index (χ0) is 12.8. The van der Waals surface area contributed by atoms with E-state index in [1.807, 2.05) is 0 Å². The molecule has 0 bridgehead atoms. The van der Waals surface area contributed by atoms with Gasteiger partial charge in [-0.05, 0) is 12.8 Å². The van der Waals surface area contributed by atoms with Crippen LogP contribution in [-0.4, -0.2) is 38.6 Å². The van der Waals surface area contributed by atoms with Gasteiger partial charge in [-0.15, -0.1) is 0 Å². The quantitative estimate of drug-likeness (QED) is 0.748. The average molecular weight is 256 g/mol. The second kappa shape index (κ2) is 7.46. The number of likely N-dealkylation sites (tertiary alicyclic amines) is 1. The fraction of sp³-hybridized carbons (Fsp3) is 1.00.